The van der Waals surface area contributed by atoms with Gasteiger partial charge in [-0.2, -0.15) is 13.2 Å². The van der Waals surface area contributed by atoms with Crippen molar-refractivity contribution >= 4 is 5.91 Å². The van der Waals surface area contributed by atoms with E-state index in [1.54, 1.807) is 10.9 Å². The van der Waals surface area contributed by atoms with Crippen molar-refractivity contribution in [3.05, 3.63) is 47.3 Å². The van der Waals surface area contributed by atoms with Crippen LogP contribution in [0, 0.1) is 0 Å². The third-order valence-corrected chi connectivity index (χ3v) is 4.19. The first-order valence-electron chi connectivity index (χ1n) is 8.01. The minimum Gasteiger partial charge on any atom is -0.346 e. The summed E-state index contributed by atoms with van der Waals surface area (Å²) in [4.78, 5) is 12.2. The summed E-state index contributed by atoms with van der Waals surface area (Å²) in [6, 6.07) is 5.34. The maximum absolute atomic E-state index is 13.0. The molecule has 25 heavy (non-hydrogen) atoms. The van der Waals surface area contributed by atoms with Gasteiger partial charge in [0.2, 0.25) is 0 Å². The van der Waals surface area contributed by atoms with E-state index in [0.717, 1.165) is 32.0 Å². The van der Waals surface area contributed by atoms with Crippen LogP contribution < -0.4 is 10.6 Å². The molecule has 3 rings (SSSR count). The molecule has 1 aliphatic heterocycles. The smallest absolute Gasteiger partial charge is 0.346 e. The lowest BCUT2D eigenvalue weighted by molar-refractivity contribution is -0.138. The van der Waals surface area contributed by atoms with Crippen LogP contribution in [0.15, 0.2) is 30.5 Å². The molecule has 1 aliphatic rings. The Kier molecular flexibility index (Phi) is 5.03. The van der Waals surface area contributed by atoms with Gasteiger partial charge in [0, 0.05) is 6.54 Å². The highest BCUT2D eigenvalue weighted by atomic mass is 19.4. The normalized spacial score (nSPS) is 16.0. The van der Waals surface area contributed by atoms with E-state index in [1.807, 2.05) is 0 Å². The summed E-state index contributed by atoms with van der Waals surface area (Å²) in [5.74, 6) is -0.544. The van der Waals surface area contributed by atoms with Crippen molar-refractivity contribution in [2.45, 2.75) is 31.6 Å². The van der Waals surface area contributed by atoms with E-state index in [9.17, 15) is 18.0 Å². The Hall–Kier alpha value is -2.42. The summed E-state index contributed by atoms with van der Waals surface area (Å²) in [6.07, 6.45) is -1.13. The number of nitrogens with zero attached hydrogens (tertiary/aromatic N) is 3. The van der Waals surface area contributed by atoms with Crippen molar-refractivity contribution in [1.29, 1.82) is 0 Å². The zero-order chi connectivity index (χ0) is 17.9. The quantitative estimate of drug-likeness (QED) is 0.884. The van der Waals surface area contributed by atoms with E-state index in [1.165, 1.54) is 18.2 Å². The molecule has 1 saturated heterocycles. The fourth-order valence-electron chi connectivity index (χ4n) is 2.85. The second-order valence-electron chi connectivity index (χ2n) is 5.90. The number of halogens is 3. The highest BCUT2D eigenvalue weighted by molar-refractivity contribution is 5.91. The van der Waals surface area contributed by atoms with Crippen LogP contribution in [-0.2, 0) is 12.7 Å². The third kappa shape index (κ3) is 4.16. The molecule has 9 heteroatoms. The van der Waals surface area contributed by atoms with Gasteiger partial charge < -0.3 is 10.6 Å². The van der Waals surface area contributed by atoms with Crippen LogP contribution in [-0.4, -0.2) is 34.0 Å². The van der Waals surface area contributed by atoms with E-state index in [0.29, 0.717) is 0 Å². The zero-order valence-corrected chi connectivity index (χ0v) is 13.4. The molecule has 0 radical (unpaired) electrons. The first-order valence-corrected chi connectivity index (χ1v) is 8.01. The predicted molar refractivity (Wildman–Crippen MR) is 83.8 cm³/mol. The van der Waals surface area contributed by atoms with E-state index >= 15 is 0 Å². The molecule has 1 aromatic carbocycles. The molecule has 1 aromatic heterocycles. The molecule has 134 valence electrons. The number of hydrogen-bond donors (Lipinski definition) is 2. The number of carbonyl (C=O) groups excluding carboxylic acids is 1. The molecule has 2 N–H and O–H groups in total. The predicted octanol–water partition coefficient (Wildman–Crippen LogP) is 2.15. The minimum atomic E-state index is -4.46. The lowest BCUT2D eigenvalue weighted by atomic mass is 10.1. The van der Waals surface area contributed by atoms with Crippen LogP contribution in [0.25, 0.3) is 0 Å². The van der Waals surface area contributed by atoms with E-state index in [4.69, 9.17) is 0 Å². The Labute approximate surface area is 142 Å². The second-order valence-corrected chi connectivity index (χ2v) is 5.90. The molecule has 2 aromatic rings. The molecule has 1 fully saturated rings. The number of carbonyl (C=O) groups is 1. The van der Waals surface area contributed by atoms with Crippen molar-refractivity contribution in [1.82, 2.24) is 25.6 Å². The molecular formula is C16H18F3N5O. The molecular weight excluding hydrogens is 335 g/mol. The molecule has 0 saturated carbocycles. The van der Waals surface area contributed by atoms with Crippen LogP contribution in [0.5, 0.6) is 0 Å². The highest BCUT2D eigenvalue weighted by Gasteiger charge is 2.32. The van der Waals surface area contributed by atoms with Gasteiger partial charge >= 0.3 is 6.18 Å². The van der Waals surface area contributed by atoms with Crippen LogP contribution >= 0.6 is 0 Å². The molecule has 0 atom stereocenters. The fraction of sp³-hybridized carbons (Fsp3) is 0.438. The lowest BCUT2D eigenvalue weighted by Crippen LogP contribution is -2.29. The molecule has 0 bridgehead atoms. The van der Waals surface area contributed by atoms with Gasteiger partial charge in [-0.05, 0) is 37.6 Å². The number of alkyl halides is 3. The van der Waals surface area contributed by atoms with Gasteiger partial charge in [-0.3, -0.25) is 4.79 Å². The molecule has 0 spiro atoms. The van der Waals surface area contributed by atoms with Gasteiger partial charge in [0.25, 0.3) is 5.91 Å². The Morgan fingerprint density at radius 2 is 2.00 bits per heavy atom. The zero-order valence-electron chi connectivity index (χ0n) is 13.4. The van der Waals surface area contributed by atoms with Gasteiger partial charge in [0.05, 0.1) is 17.8 Å². The Morgan fingerprint density at radius 1 is 1.28 bits per heavy atom. The van der Waals surface area contributed by atoms with Crippen molar-refractivity contribution < 1.29 is 18.0 Å². The lowest BCUT2D eigenvalue weighted by Gasteiger charge is -2.22. The maximum Gasteiger partial charge on any atom is 0.416 e. The van der Waals surface area contributed by atoms with Crippen LogP contribution in [0.2, 0.25) is 0 Å². The van der Waals surface area contributed by atoms with Gasteiger partial charge in [-0.15, -0.1) is 5.10 Å². The number of aromatic nitrogens is 3. The van der Waals surface area contributed by atoms with Crippen LogP contribution in [0.1, 0.15) is 40.5 Å². The van der Waals surface area contributed by atoms with Crippen molar-refractivity contribution in [2.75, 3.05) is 13.1 Å². The summed E-state index contributed by atoms with van der Waals surface area (Å²) in [5, 5.41) is 13.5. The summed E-state index contributed by atoms with van der Waals surface area (Å²) in [7, 11) is 0. The van der Waals surface area contributed by atoms with Crippen molar-refractivity contribution in [2.24, 2.45) is 0 Å². The monoisotopic (exact) mass is 353 g/mol. The molecule has 6 nitrogen and oxygen atoms in total. The first-order chi connectivity index (χ1) is 11.9. The van der Waals surface area contributed by atoms with Crippen LogP contribution in [0.4, 0.5) is 13.2 Å². The Balaban J connectivity index is 1.65. The van der Waals surface area contributed by atoms with Crippen LogP contribution in [0.3, 0.4) is 0 Å². The standard InChI is InChI=1S/C16H18F3N5O/c17-16(18,19)13-4-2-1-3-11(13)9-21-15(25)14-10-24(23-22-14)12-5-7-20-8-6-12/h1-4,10,12,20H,5-9H2,(H,21,25). The highest BCUT2D eigenvalue weighted by Crippen LogP contribution is 2.31. The summed E-state index contributed by atoms with van der Waals surface area (Å²) < 4.78 is 40.5. The fourth-order valence-corrected chi connectivity index (χ4v) is 2.85. The topological polar surface area (TPSA) is 71.8 Å². The van der Waals surface area contributed by atoms with E-state index < -0.39 is 17.6 Å². The Bertz CT molecular complexity index is 737. The van der Waals surface area contributed by atoms with Gasteiger partial charge in [-0.1, -0.05) is 23.4 Å². The number of hydrogen-bond acceptors (Lipinski definition) is 4. The van der Waals surface area contributed by atoms with Gasteiger partial charge in [0.15, 0.2) is 5.69 Å². The summed E-state index contributed by atoms with van der Waals surface area (Å²) >= 11 is 0. The second kappa shape index (κ2) is 7.22. The van der Waals surface area contributed by atoms with Crippen molar-refractivity contribution in [3.63, 3.8) is 0 Å². The average Bonchev–Trinajstić information content (AvgIpc) is 3.10. The molecule has 1 amide bonds. The SMILES string of the molecule is O=C(NCc1ccccc1C(F)(F)F)c1cn(C2CCNCC2)nn1. The van der Waals surface area contributed by atoms with Crippen molar-refractivity contribution in [3.8, 4) is 0 Å². The summed E-state index contributed by atoms with van der Waals surface area (Å²) in [5.41, 5.74) is -0.647. The molecule has 0 aliphatic carbocycles. The maximum atomic E-state index is 13.0. The molecule has 0 unspecified atom stereocenters. The van der Waals surface area contributed by atoms with E-state index in [-0.39, 0.29) is 23.8 Å². The number of rotatable bonds is 4. The number of amides is 1. The van der Waals surface area contributed by atoms with Gasteiger partial charge in [0.1, 0.15) is 0 Å². The number of benzene rings is 1. The van der Waals surface area contributed by atoms with E-state index in [2.05, 4.69) is 20.9 Å². The largest absolute Gasteiger partial charge is 0.416 e. The third-order valence-electron chi connectivity index (χ3n) is 4.19. The Morgan fingerprint density at radius 3 is 2.72 bits per heavy atom. The van der Waals surface area contributed by atoms with Gasteiger partial charge in [-0.25, -0.2) is 4.68 Å². The first kappa shape index (κ1) is 17.4. The summed E-state index contributed by atoms with van der Waals surface area (Å²) in [6.45, 7) is 1.52. The average molecular weight is 353 g/mol. The minimum absolute atomic E-state index is 0.00842. The molecule has 2 heterocycles. The number of nitrogens with one attached hydrogen (secondary N) is 2. The number of piperidine rings is 1.